The van der Waals surface area contributed by atoms with Crippen LogP contribution in [0.1, 0.15) is 18.1 Å². The van der Waals surface area contributed by atoms with Gasteiger partial charge in [0, 0.05) is 27.4 Å². The summed E-state index contributed by atoms with van der Waals surface area (Å²) in [5, 5.41) is 7.34. The van der Waals surface area contributed by atoms with E-state index in [0.717, 1.165) is 21.3 Å². The van der Waals surface area contributed by atoms with E-state index < -0.39 is 0 Å². The highest BCUT2D eigenvalue weighted by Gasteiger charge is 2.11. The summed E-state index contributed by atoms with van der Waals surface area (Å²) in [6, 6.07) is 16.7. The Morgan fingerprint density at radius 3 is 2.41 bits per heavy atom. The standard InChI is InChI=1S/C24H23BrCl2N2O3/c1-3-31-23-10-16(13-28-17-7-8-19(25)21(27)11-17)5-9-22(23)32-14-24(30)29-18-6-4-15(2)20(26)12-18/h4-12,28H,3,13-14H2,1-2H3,(H,29,30). The van der Waals surface area contributed by atoms with Crippen molar-refractivity contribution in [1.82, 2.24) is 0 Å². The third kappa shape index (κ3) is 6.79. The molecule has 0 aliphatic rings. The summed E-state index contributed by atoms with van der Waals surface area (Å²) in [5.41, 5.74) is 3.47. The third-order valence-corrected chi connectivity index (χ3v) is 6.18. The summed E-state index contributed by atoms with van der Waals surface area (Å²) in [4.78, 5) is 12.3. The summed E-state index contributed by atoms with van der Waals surface area (Å²) in [6.45, 7) is 4.70. The van der Waals surface area contributed by atoms with Gasteiger partial charge in [-0.1, -0.05) is 35.3 Å². The summed E-state index contributed by atoms with van der Waals surface area (Å²) < 4.78 is 12.3. The molecule has 2 N–H and O–H groups in total. The van der Waals surface area contributed by atoms with Crippen molar-refractivity contribution in [3.63, 3.8) is 0 Å². The van der Waals surface area contributed by atoms with Gasteiger partial charge in [-0.3, -0.25) is 4.79 Å². The van der Waals surface area contributed by atoms with Crippen LogP contribution < -0.4 is 20.1 Å². The monoisotopic (exact) mass is 536 g/mol. The lowest BCUT2D eigenvalue weighted by Crippen LogP contribution is -2.20. The van der Waals surface area contributed by atoms with E-state index in [4.69, 9.17) is 32.7 Å². The highest BCUT2D eigenvalue weighted by atomic mass is 79.9. The first kappa shape index (κ1) is 24.2. The van der Waals surface area contributed by atoms with E-state index >= 15 is 0 Å². The number of aryl methyl sites for hydroxylation is 1. The maximum Gasteiger partial charge on any atom is 0.262 e. The fraction of sp³-hybridized carbons (Fsp3) is 0.208. The van der Waals surface area contributed by atoms with Gasteiger partial charge in [-0.15, -0.1) is 0 Å². The average molecular weight is 538 g/mol. The third-order valence-electron chi connectivity index (χ3n) is 4.54. The van der Waals surface area contributed by atoms with E-state index in [0.29, 0.717) is 40.4 Å². The second-order valence-corrected chi connectivity index (χ2v) is 8.67. The normalized spacial score (nSPS) is 10.5. The first-order valence-corrected chi connectivity index (χ1v) is 11.5. The molecule has 0 bridgehead atoms. The van der Waals surface area contributed by atoms with Gasteiger partial charge in [0.2, 0.25) is 0 Å². The van der Waals surface area contributed by atoms with Crippen LogP contribution in [-0.4, -0.2) is 19.1 Å². The van der Waals surface area contributed by atoms with E-state index in [1.807, 2.05) is 50.2 Å². The van der Waals surface area contributed by atoms with Crippen LogP contribution in [0, 0.1) is 6.92 Å². The molecule has 0 aliphatic heterocycles. The van der Waals surface area contributed by atoms with E-state index in [1.165, 1.54) is 0 Å². The maximum absolute atomic E-state index is 12.3. The van der Waals surface area contributed by atoms with Crippen LogP contribution in [0.3, 0.4) is 0 Å². The van der Waals surface area contributed by atoms with Crippen LogP contribution in [0.25, 0.3) is 0 Å². The lowest BCUT2D eigenvalue weighted by atomic mass is 10.2. The van der Waals surface area contributed by atoms with Crippen molar-refractivity contribution in [2.45, 2.75) is 20.4 Å². The topological polar surface area (TPSA) is 59.6 Å². The average Bonchev–Trinajstić information content (AvgIpc) is 2.76. The van der Waals surface area contributed by atoms with Crippen molar-refractivity contribution in [2.75, 3.05) is 23.8 Å². The van der Waals surface area contributed by atoms with Gasteiger partial charge in [0.1, 0.15) is 0 Å². The van der Waals surface area contributed by atoms with Gasteiger partial charge in [0.15, 0.2) is 18.1 Å². The molecule has 0 fully saturated rings. The predicted molar refractivity (Wildman–Crippen MR) is 134 cm³/mol. The van der Waals surface area contributed by atoms with E-state index in [1.54, 1.807) is 18.2 Å². The first-order valence-electron chi connectivity index (χ1n) is 9.99. The van der Waals surface area contributed by atoms with Crippen molar-refractivity contribution in [3.05, 3.63) is 80.2 Å². The molecule has 0 aliphatic carbocycles. The van der Waals surface area contributed by atoms with Crippen molar-refractivity contribution in [2.24, 2.45) is 0 Å². The predicted octanol–water partition coefficient (Wildman–Crippen LogP) is 7.09. The SMILES string of the molecule is CCOc1cc(CNc2ccc(Br)c(Cl)c2)ccc1OCC(=O)Nc1ccc(C)c(Cl)c1. The van der Waals surface area contributed by atoms with Crippen molar-refractivity contribution in [1.29, 1.82) is 0 Å². The number of ether oxygens (including phenoxy) is 2. The van der Waals surface area contributed by atoms with E-state index in [2.05, 4.69) is 26.6 Å². The first-order chi connectivity index (χ1) is 15.4. The summed E-state index contributed by atoms with van der Waals surface area (Å²) >= 11 is 15.6. The van der Waals surface area contributed by atoms with Gasteiger partial charge in [-0.05, 0) is 83.4 Å². The largest absolute Gasteiger partial charge is 0.490 e. The van der Waals surface area contributed by atoms with Crippen LogP contribution in [-0.2, 0) is 11.3 Å². The van der Waals surface area contributed by atoms with Gasteiger partial charge < -0.3 is 20.1 Å². The molecule has 8 heteroatoms. The Hall–Kier alpha value is -2.41. The minimum Gasteiger partial charge on any atom is -0.490 e. The molecule has 0 aromatic heterocycles. The lowest BCUT2D eigenvalue weighted by Gasteiger charge is -2.14. The Morgan fingerprint density at radius 1 is 0.938 bits per heavy atom. The molecule has 0 saturated carbocycles. The van der Waals surface area contributed by atoms with E-state index in [9.17, 15) is 4.79 Å². The Kier molecular flexibility index (Phi) is 8.67. The van der Waals surface area contributed by atoms with Gasteiger partial charge in [0.05, 0.1) is 11.6 Å². The van der Waals surface area contributed by atoms with Gasteiger partial charge >= 0.3 is 0 Å². The molecule has 168 valence electrons. The lowest BCUT2D eigenvalue weighted by molar-refractivity contribution is -0.118. The Morgan fingerprint density at radius 2 is 1.69 bits per heavy atom. The maximum atomic E-state index is 12.3. The zero-order valence-corrected chi connectivity index (χ0v) is 20.8. The number of hydrogen-bond donors (Lipinski definition) is 2. The molecule has 3 rings (SSSR count). The molecule has 3 aromatic rings. The van der Waals surface area contributed by atoms with Crippen LogP contribution in [0.2, 0.25) is 10.0 Å². The molecule has 1 amide bonds. The summed E-state index contributed by atoms with van der Waals surface area (Å²) in [7, 11) is 0. The molecular formula is C24H23BrCl2N2O3. The van der Waals surface area contributed by atoms with Gasteiger partial charge in [-0.2, -0.15) is 0 Å². The van der Waals surface area contributed by atoms with E-state index in [-0.39, 0.29) is 12.5 Å². The molecule has 0 spiro atoms. The smallest absolute Gasteiger partial charge is 0.262 e. The van der Waals surface area contributed by atoms with Crippen LogP contribution in [0.5, 0.6) is 11.5 Å². The van der Waals surface area contributed by atoms with Crippen LogP contribution >= 0.6 is 39.1 Å². The van der Waals surface area contributed by atoms with Gasteiger partial charge in [-0.25, -0.2) is 0 Å². The molecule has 0 saturated heterocycles. The number of anilines is 2. The molecule has 32 heavy (non-hydrogen) atoms. The molecular weight excluding hydrogens is 515 g/mol. The Balaban J connectivity index is 1.61. The minimum absolute atomic E-state index is 0.152. The Bertz CT molecular complexity index is 1110. The highest BCUT2D eigenvalue weighted by molar-refractivity contribution is 9.10. The fourth-order valence-electron chi connectivity index (χ4n) is 2.87. The number of benzene rings is 3. The van der Waals surface area contributed by atoms with Crippen molar-refractivity contribution >= 4 is 56.4 Å². The zero-order valence-electron chi connectivity index (χ0n) is 17.7. The number of carbonyl (C=O) groups excluding carboxylic acids is 1. The molecule has 3 aromatic carbocycles. The molecule has 0 atom stereocenters. The number of carbonyl (C=O) groups is 1. The molecule has 0 unspecified atom stereocenters. The number of rotatable bonds is 9. The molecule has 0 radical (unpaired) electrons. The molecule has 5 nitrogen and oxygen atoms in total. The van der Waals surface area contributed by atoms with Crippen molar-refractivity contribution < 1.29 is 14.3 Å². The summed E-state index contributed by atoms with van der Waals surface area (Å²) in [5.74, 6) is 0.788. The number of amides is 1. The quantitative estimate of drug-likeness (QED) is 0.306. The Labute approximate surface area is 206 Å². The molecule has 0 heterocycles. The van der Waals surface area contributed by atoms with Gasteiger partial charge in [0.25, 0.3) is 5.91 Å². The number of nitrogens with one attached hydrogen (secondary N) is 2. The minimum atomic E-state index is -0.287. The summed E-state index contributed by atoms with van der Waals surface area (Å²) in [6.07, 6.45) is 0. The second-order valence-electron chi connectivity index (χ2n) is 7.00. The number of halogens is 3. The zero-order chi connectivity index (χ0) is 23.1. The van der Waals surface area contributed by atoms with Crippen LogP contribution in [0.4, 0.5) is 11.4 Å². The van der Waals surface area contributed by atoms with Crippen LogP contribution in [0.15, 0.2) is 59.1 Å². The second kappa shape index (κ2) is 11.5. The fourth-order valence-corrected chi connectivity index (χ4v) is 3.48. The van der Waals surface area contributed by atoms with Crippen molar-refractivity contribution in [3.8, 4) is 11.5 Å². The highest BCUT2D eigenvalue weighted by Crippen LogP contribution is 2.30. The number of hydrogen-bond acceptors (Lipinski definition) is 4.